The highest BCUT2D eigenvalue weighted by Gasteiger charge is 2.24. The molecule has 1 saturated heterocycles. The van der Waals surface area contributed by atoms with Gasteiger partial charge in [-0.3, -0.25) is 14.3 Å². The molecule has 8 nitrogen and oxygen atoms in total. The number of nitrogens with zero attached hydrogens (tertiary/aromatic N) is 4. The van der Waals surface area contributed by atoms with E-state index in [1.165, 1.54) is 6.20 Å². The molecule has 0 amide bonds. The Morgan fingerprint density at radius 2 is 2.09 bits per heavy atom. The third-order valence-electron chi connectivity index (χ3n) is 5.69. The minimum atomic E-state index is -1.38. The van der Waals surface area contributed by atoms with Gasteiger partial charge < -0.3 is 15.3 Å². The van der Waals surface area contributed by atoms with Crippen LogP contribution in [0.25, 0.3) is 27.6 Å². The zero-order chi connectivity index (χ0) is 22.4. The SMILES string of the molecule is CC1CN(c2nc3c(cc2F)c(=O)c(C(=O)O)cn3-c2cccc3ncccc23)CCN1. The molecule has 0 saturated carbocycles. The van der Waals surface area contributed by atoms with Crippen LogP contribution in [0.2, 0.25) is 0 Å². The van der Waals surface area contributed by atoms with E-state index in [0.717, 1.165) is 11.5 Å². The molecule has 9 heteroatoms. The Morgan fingerprint density at radius 1 is 1.25 bits per heavy atom. The van der Waals surface area contributed by atoms with Crippen LogP contribution in [0, 0.1) is 5.82 Å². The molecule has 0 radical (unpaired) electrons. The van der Waals surface area contributed by atoms with Crippen LogP contribution in [-0.2, 0) is 0 Å². The molecule has 4 aromatic rings. The maximum absolute atomic E-state index is 15.1. The van der Waals surface area contributed by atoms with Gasteiger partial charge in [0, 0.05) is 43.5 Å². The standard InChI is InChI=1S/C23H20FN5O3/c1-13-11-28(9-8-25-13)22-17(24)10-15-20(30)16(23(31)32)12-29(21(15)27-22)19-6-2-5-18-14(19)4-3-7-26-18/h2-7,10,12-13,25H,8-9,11H2,1H3,(H,31,32). The van der Waals surface area contributed by atoms with Gasteiger partial charge in [-0.1, -0.05) is 6.07 Å². The smallest absolute Gasteiger partial charge is 0.341 e. The molecule has 1 aliphatic rings. The zero-order valence-electron chi connectivity index (χ0n) is 17.2. The zero-order valence-corrected chi connectivity index (χ0v) is 17.2. The maximum atomic E-state index is 15.1. The predicted molar refractivity (Wildman–Crippen MR) is 119 cm³/mol. The van der Waals surface area contributed by atoms with Crippen molar-refractivity contribution in [1.29, 1.82) is 0 Å². The number of hydrogen-bond acceptors (Lipinski definition) is 6. The molecular formula is C23H20FN5O3. The Hall–Kier alpha value is -3.85. The molecule has 32 heavy (non-hydrogen) atoms. The van der Waals surface area contributed by atoms with Crippen molar-refractivity contribution in [2.45, 2.75) is 13.0 Å². The van der Waals surface area contributed by atoms with Crippen molar-refractivity contribution < 1.29 is 14.3 Å². The summed E-state index contributed by atoms with van der Waals surface area (Å²) in [5.41, 5.74) is 0.268. The lowest BCUT2D eigenvalue weighted by atomic mass is 10.1. The molecule has 3 aromatic heterocycles. The number of piperazine rings is 1. The summed E-state index contributed by atoms with van der Waals surface area (Å²) in [6.07, 6.45) is 2.92. The van der Waals surface area contributed by atoms with Crippen molar-refractivity contribution in [2.24, 2.45) is 0 Å². The van der Waals surface area contributed by atoms with Crippen LogP contribution >= 0.6 is 0 Å². The second-order valence-corrected chi connectivity index (χ2v) is 7.86. The van der Waals surface area contributed by atoms with Crippen LogP contribution in [0.1, 0.15) is 17.3 Å². The number of carboxylic acid groups (broad SMARTS) is 1. The fourth-order valence-corrected chi connectivity index (χ4v) is 4.19. The number of benzene rings is 1. The van der Waals surface area contributed by atoms with E-state index < -0.39 is 22.8 Å². The molecule has 5 rings (SSSR count). The maximum Gasteiger partial charge on any atom is 0.341 e. The van der Waals surface area contributed by atoms with Gasteiger partial charge in [-0.15, -0.1) is 0 Å². The first-order chi connectivity index (χ1) is 15.4. The average molecular weight is 433 g/mol. The van der Waals surface area contributed by atoms with E-state index in [-0.39, 0.29) is 22.9 Å². The molecule has 1 unspecified atom stereocenters. The highest BCUT2D eigenvalue weighted by atomic mass is 19.1. The van der Waals surface area contributed by atoms with Crippen molar-refractivity contribution in [1.82, 2.24) is 19.9 Å². The Kier molecular flexibility index (Phi) is 4.82. The molecule has 1 aromatic carbocycles. The monoisotopic (exact) mass is 433 g/mol. The van der Waals surface area contributed by atoms with E-state index >= 15 is 4.39 Å². The summed E-state index contributed by atoms with van der Waals surface area (Å²) in [6, 6.07) is 10.3. The molecule has 2 N–H and O–H groups in total. The second kappa shape index (κ2) is 7.69. The molecule has 0 aliphatic carbocycles. The molecule has 162 valence electrons. The van der Waals surface area contributed by atoms with Gasteiger partial charge in [-0.25, -0.2) is 14.2 Å². The van der Waals surface area contributed by atoms with Gasteiger partial charge >= 0.3 is 5.97 Å². The first-order valence-corrected chi connectivity index (χ1v) is 10.3. The lowest BCUT2D eigenvalue weighted by Crippen LogP contribution is -2.49. The fourth-order valence-electron chi connectivity index (χ4n) is 4.19. The highest BCUT2D eigenvalue weighted by molar-refractivity contribution is 5.95. The minimum absolute atomic E-state index is 0.0878. The van der Waals surface area contributed by atoms with E-state index in [1.807, 2.05) is 24.0 Å². The molecule has 1 fully saturated rings. The first kappa shape index (κ1) is 20.1. The number of carboxylic acids is 1. The Labute approximate surface area is 181 Å². The highest BCUT2D eigenvalue weighted by Crippen LogP contribution is 2.27. The number of rotatable bonds is 3. The van der Waals surface area contributed by atoms with Crippen molar-refractivity contribution in [3.8, 4) is 5.69 Å². The van der Waals surface area contributed by atoms with E-state index in [1.54, 1.807) is 29.0 Å². The summed E-state index contributed by atoms with van der Waals surface area (Å²) in [6.45, 7) is 3.81. The van der Waals surface area contributed by atoms with Gasteiger partial charge in [0.25, 0.3) is 0 Å². The van der Waals surface area contributed by atoms with Crippen LogP contribution in [-0.4, -0.2) is 51.3 Å². The molecule has 0 bridgehead atoms. The van der Waals surface area contributed by atoms with Crippen LogP contribution in [0.15, 0.2) is 53.6 Å². The van der Waals surface area contributed by atoms with Crippen molar-refractivity contribution in [3.63, 3.8) is 0 Å². The molecule has 4 heterocycles. The number of fused-ring (bicyclic) bond motifs is 2. The largest absolute Gasteiger partial charge is 0.477 e. The minimum Gasteiger partial charge on any atom is -0.477 e. The Bertz CT molecular complexity index is 1430. The van der Waals surface area contributed by atoms with Gasteiger partial charge in [-0.2, -0.15) is 0 Å². The lowest BCUT2D eigenvalue weighted by Gasteiger charge is -2.33. The summed E-state index contributed by atoms with van der Waals surface area (Å²) in [4.78, 5) is 35.4. The van der Waals surface area contributed by atoms with Gasteiger partial charge in [0.1, 0.15) is 5.56 Å². The average Bonchev–Trinajstić information content (AvgIpc) is 2.79. The van der Waals surface area contributed by atoms with Crippen LogP contribution in [0.4, 0.5) is 10.2 Å². The number of aromatic carboxylic acids is 1. The van der Waals surface area contributed by atoms with Gasteiger partial charge in [-0.05, 0) is 37.3 Å². The van der Waals surface area contributed by atoms with E-state index in [0.29, 0.717) is 30.8 Å². The quantitative estimate of drug-likeness (QED) is 0.512. The number of nitrogens with one attached hydrogen (secondary N) is 1. The number of hydrogen-bond donors (Lipinski definition) is 2. The number of aromatic nitrogens is 3. The normalized spacial score (nSPS) is 16.6. The van der Waals surface area contributed by atoms with Gasteiger partial charge in [0.05, 0.1) is 16.6 Å². The summed E-state index contributed by atoms with van der Waals surface area (Å²) in [5.74, 6) is -1.90. The lowest BCUT2D eigenvalue weighted by molar-refractivity contribution is 0.0695. The van der Waals surface area contributed by atoms with Crippen molar-refractivity contribution >= 4 is 33.7 Å². The van der Waals surface area contributed by atoms with E-state index in [2.05, 4.69) is 15.3 Å². The second-order valence-electron chi connectivity index (χ2n) is 7.86. The summed E-state index contributed by atoms with van der Waals surface area (Å²) in [7, 11) is 0. The van der Waals surface area contributed by atoms with Gasteiger partial charge in [0.2, 0.25) is 5.43 Å². The Balaban J connectivity index is 1.84. The molecular weight excluding hydrogens is 413 g/mol. The summed E-state index contributed by atoms with van der Waals surface area (Å²) < 4.78 is 16.6. The topological polar surface area (TPSA) is 100 Å². The van der Waals surface area contributed by atoms with Crippen molar-refractivity contribution in [3.05, 3.63) is 70.4 Å². The van der Waals surface area contributed by atoms with Crippen molar-refractivity contribution in [2.75, 3.05) is 24.5 Å². The predicted octanol–water partition coefficient (Wildman–Crippen LogP) is 2.57. The number of anilines is 1. The van der Waals surface area contributed by atoms with E-state index in [9.17, 15) is 14.7 Å². The summed E-state index contributed by atoms with van der Waals surface area (Å²) >= 11 is 0. The number of carbonyl (C=O) groups is 1. The molecule has 0 spiro atoms. The molecule has 1 aliphatic heterocycles. The third kappa shape index (κ3) is 3.27. The van der Waals surface area contributed by atoms with Crippen LogP contribution in [0.3, 0.4) is 0 Å². The number of halogens is 1. The third-order valence-corrected chi connectivity index (χ3v) is 5.69. The van der Waals surface area contributed by atoms with Crippen LogP contribution < -0.4 is 15.6 Å². The van der Waals surface area contributed by atoms with Gasteiger partial charge in [0.15, 0.2) is 17.3 Å². The fraction of sp³-hybridized carbons (Fsp3) is 0.217. The molecule has 1 atom stereocenters. The first-order valence-electron chi connectivity index (χ1n) is 10.3. The summed E-state index contributed by atoms with van der Waals surface area (Å²) in [5, 5.41) is 13.6. The Morgan fingerprint density at radius 3 is 2.88 bits per heavy atom. The van der Waals surface area contributed by atoms with Crippen LogP contribution in [0.5, 0.6) is 0 Å². The number of pyridine rings is 3. The van der Waals surface area contributed by atoms with E-state index in [4.69, 9.17) is 0 Å².